The molecule has 0 unspecified atom stereocenters. The zero-order valence-electron chi connectivity index (χ0n) is 24.2. The lowest BCUT2D eigenvalue weighted by atomic mass is 9.92. The number of nitrogens with zero attached hydrogens (tertiary/aromatic N) is 3. The second-order valence-corrected chi connectivity index (χ2v) is 11.2. The third-order valence-corrected chi connectivity index (χ3v) is 8.50. The number of hydrogen-bond donors (Lipinski definition) is 0. The number of rotatable bonds is 4. The molecule has 7 aromatic carbocycles. The Morgan fingerprint density at radius 1 is 0.378 bits per heavy atom. The molecule has 0 bridgehead atoms. The fourth-order valence-corrected chi connectivity index (χ4v) is 6.36. The van der Waals surface area contributed by atoms with Gasteiger partial charge in [0, 0.05) is 33.0 Å². The van der Waals surface area contributed by atoms with E-state index in [4.69, 9.17) is 19.4 Å². The van der Waals surface area contributed by atoms with Crippen LogP contribution in [0.25, 0.3) is 88.8 Å². The van der Waals surface area contributed by atoms with Crippen molar-refractivity contribution >= 4 is 43.5 Å². The Balaban J connectivity index is 1.30. The van der Waals surface area contributed by atoms with E-state index in [1.807, 2.05) is 72.8 Å². The fourth-order valence-electron chi connectivity index (χ4n) is 6.36. The van der Waals surface area contributed by atoms with Gasteiger partial charge in [-0.15, -0.1) is 0 Å². The molecule has 0 radical (unpaired) electrons. The Kier molecular flexibility index (Phi) is 5.78. The van der Waals surface area contributed by atoms with E-state index in [-0.39, 0.29) is 0 Å². The van der Waals surface area contributed by atoms with Crippen molar-refractivity contribution in [2.45, 2.75) is 0 Å². The number of benzene rings is 7. The number of fused-ring (bicyclic) bond motifs is 5. The first-order valence-electron chi connectivity index (χ1n) is 15.0. The summed E-state index contributed by atoms with van der Waals surface area (Å²) in [7, 11) is 0. The molecule has 0 saturated heterocycles. The van der Waals surface area contributed by atoms with Crippen LogP contribution in [0.1, 0.15) is 0 Å². The first-order valence-corrected chi connectivity index (χ1v) is 15.0. The quantitative estimate of drug-likeness (QED) is 0.209. The Labute approximate surface area is 259 Å². The van der Waals surface area contributed by atoms with Gasteiger partial charge in [-0.3, -0.25) is 0 Å². The molecule has 0 spiro atoms. The van der Waals surface area contributed by atoms with Gasteiger partial charge in [0.15, 0.2) is 17.5 Å². The van der Waals surface area contributed by atoms with E-state index in [1.54, 1.807) is 0 Å². The van der Waals surface area contributed by atoms with Crippen molar-refractivity contribution in [3.8, 4) is 45.3 Å². The monoisotopic (exact) mass is 575 g/mol. The van der Waals surface area contributed by atoms with Gasteiger partial charge in [0.1, 0.15) is 11.2 Å². The number of furan rings is 1. The molecule has 0 fully saturated rings. The van der Waals surface area contributed by atoms with E-state index in [1.165, 1.54) is 16.2 Å². The van der Waals surface area contributed by atoms with Gasteiger partial charge in [-0.25, -0.2) is 15.0 Å². The largest absolute Gasteiger partial charge is 0.455 e. The number of hydrogen-bond acceptors (Lipinski definition) is 4. The summed E-state index contributed by atoms with van der Waals surface area (Å²) >= 11 is 0. The predicted octanol–water partition coefficient (Wildman–Crippen LogP) is 10.7. The Bertz CT molecular complexity index is 2470. The lowest BCUT2D eigenvalue weighted by Crippen LogP contribution is -2.00. The van der Waals surface area contributed by atoms with E-state index >= 15 is 0 Å². The fraction of sp³-hybridized carbons (Fsp3) is 0. The van der Waals surface area contributed by atoms with Crippen LogP contribution in [-0.2, 0) is 0 Å². The van der Waals surface area contributed by atoms with Crippen LogP contribution in [0.5, 0.6) is 0 Å². The van der Waals surface area contributed by atoms with Gasteiger partial charge in [0.25, 0.3) is 0 Å². The van der Waals surface area contributed by atoms with Gasteiger partial charge < -0.3 is 4.42 Å². The van der Waals surface area contributed by atoms with E-state index in [2.05, 4.69) is 78.9 Å². The predicted molar refractivity (Wildman–Crippen MR) is 184 cm³/mol. The van der Waals surface area contributed by atoms with Crippen LogP contribution in [0.4, 0.5) is 0 Å². The molecule has 210 valence electrons. The van der Waals surface area contributed by atoms with Gasteiger partial charge in [0.05, 0.1) is 0 Å². The van der Waals surface area contributed by atoms with Gasteiger partial charge in [0.2, 0.25) is 0 Å². The molecule has 0 N–H and O–H groups in total. The SMILES string of the molecule is c1ccc(-c2nc(-c3ccccc3)nc(-c3ccc4oc5c(-c6cccc7ccccc67)c6ccccc6cc5c4c3)n2)cc1. The zero-order chi connectivity index (χ0) is 29.7. The highest BCUT2D eigenvalue weighted by Gasteiger charge is 2.19. The third kappa shape index (κ3) is 4.27. The molecule has 2 aromatic heterocycles. The van der Waals surface area contributed by atoms with Crippen LogP contribution >= 0.6 is 0 Å². The highest BCUT2D eigenvalue weighted by atomic mass is 16.3. The molecular weight excluding hydrogens is 550 g/mol. The van der Waals surface area contributed by atoms with E-state index in [0.717, 1.165) is 55.1 Å². The minimum Gasteiger partial charge on any atom is -0.455 e. The van der Waals surface area contributed by atoms with Crippen LogP contribution in [-0.4, -0.2) is 15.0 Å². The van der Waals surface area contributed by atoms with Gasteiger partial charge in [-0.05, 0) is 51.4 Å². The van der Waals surface area contributed by atoms with Crippen LogP contribution in [0.2, 0.25) is 0 Å². The van der Waals surface area contributed by atoms with Crippen molar-refractivity contribution in [2.75, 3.05) is 0 Å². The van der Waals surface area contributed by atoms with Crippen LogP contribution < -0.4 is 0 Å². The molecular formula is C41H25N3O. The highest BCUT2D eigenvalue weighted by Crippen LogP contribution is 2.43. The summed E-state index contributed by atoms with van der Waals surface area (Å²) in [6.45, 7) is 0. The number of aromatic nitrogens is 3. The average molecular weight is 576 g/mol. The van der Waals surface area contributed by atoms with Crippen LogP contribution in [0.15, 0.2) is 156 Å². The first-order chi connectivity index (χ1) is 22.3. The van der Waals surface area contributed by atoms with Crippen molar-refractivity contribution in [1.29, 1.82) is 0 Å². The lowest BCUT2D eigenvalue weighted by Gasteiger charge is -2.11. The Morgan fingerprint density at radius 3 is 1.67 bits per heavy atom. The minimum absolute atomic E-state index is 0.619. The Hall–Kier alpha value is -6.13. The van der Waals surface area contributed by atoms with E-state index in [9.17, 15) is 0 Å². The first kappa shape index (κ1) is 25.4. The van der Waals surface area contributed by atoms with Crippen molar-refractivity contribution < 1.29 is 4.42 Å². The van der Waals surface area contributed by atoms with Crippen LogP contribution in [0, 0.1) is 0 Å². The molecule has 2 heterocycles. The summed E-state index contributed by atoms with van der Waals surface area (Å²) in [5, 5.41) is 6.82. The van der Waals surface area contributed by atoms with Crippen molar-refractivity contribution in [1.82, 2.24) is 15.0 Å². The summed E-state index contributed by atoms with van der Waals surface area (Å²) in [6, 6.07) is 52.2. The molecule has 45 heavy (non-hydrogen) atoms. The lowest BCUT2D eigenvalue weighted by molar-refractivity contribution is 0.670. The molecule has 9 rings (SSSR count). The summed E-state index contributed by atoms with van der Waals surface area (Å²) in [6.07, 6.45) is 0. The van der Waals surface area contributed by atoms with E-state index < -0.39 is 0 Å². The molecule has 0 atom stereocenters. The van der Waals surface area contributed by atoms with Gasteiger partial charge in [-0.2, -0.15) is 0 Å². The normalized spacial score (nSPS) is 11.6. The molecule has 0 aliphatic carbocycles. The molecule has 0 saturated carbocycles. The van der Waals surface area contributed by atoms with Crippen molar-refractivity contribution in [3.63, 3.8) is 0 Å². The van der Waals surface area contributed by atoms with Crippen LogP contribution in [0.3, 0.4) is 0 Å². The summed E-state index contributed by atoms with van der Waals surface area (Å²) < 4.78 is 6.72. The van der Waals surface area contributed by atoms with Crippen molar-refractivity contribution in [3.05, 3.63) is 152 Å². The second-order valence-electron chi connectivity index (χ2n) is 11.2. The maximum absolute atomic E-state index is 6.72. The molecule has 0 amide bonds. The Morgan fingerprint density at radius 2 is 0.956 bits per heavy atom. The highest BCUT2D eigenvalue weighted by molar-refractivity contribution is 6.21. The molecule has 4 nitrogen and oxygen atoms in total. The third-order valence-electron chi connectivity index (χ3n) is 8.50. The van der Waals surface area contributed by atoms with Gasteiger partial charge >= 0.3 is 0 Å². The molecule has 0 aliphatic rings. The topological polar surface area (TPSA) is 51.8 Å². The minimum atomic E-state index is 0.619. The molecule has 4 heteroatoms. The summed E-state index contributed by atoms with van der Waals surface area (Å²) in [5.74, 6) is 1.90. The van der Waals surface area contributed by atoms with Crippen molar-refractivity contribution in [2.24, 2.45) is 0 Å². The molecule has 9 aromatic rings. The smallest absolute Gasteiger partial charge is 0.164 e. The maximum atomic E-state index is 6.72. The molecule has 0 aliphatic heterocycles. The second kappa shape index (κ2) is 10.2. The average Bonchev–Trinajstić information content (AvgIpc) is 3.48. The van der Waals surface area contributed by atoms with Gasteiger partial charge in [-0.1, -0.05) is 127 Å². The standard InChI is InChI=1S/C41H25N3O/c1-3-13-27(14-4-1)39-42-40(28-15-5-2-6-16-28)44-41(43-39)30-22-23-36-34(25-30)35-24-29-17-8-10-20-32(29)37(38(35)45-36)33-21-11-18-26-12-7-9-19-31(26)33/h1-25H. The zero-order valence-corrected chi connectivity index (χ0v) is 24.2. The summed E-state index contributed by atoms with van der Waals surface area (Å²) in [5.41, 5.74) is 6.76. The maximum Gasteiger partial charge on any atom is 0.164 e. The summed E-state index contributed by atoms with van der Waals surface area (Å²) in [4.78, 5) is 14.8. The van der Waals surface area contributed by atoms with E-state index in [0.29, 0.717) is 17.5 Å².